The van der Waals surface area contributed by atoms with Gasteiger partial charge in [-0.2, -0.15) is 0 Å². The van der Waals surface area contributed by atoms with Gasteiger partial charge in [0.2, 0.25) is 0 Å². The van der Waals surface area contributed by atoms with Crippen LogP contribution in [0.5, 0.6) is 0 Å². The Balaban J connectivity index is 1.52. The van der Waals surface area contributed by atoms with Gasteiger partial charge in [0, 0.05) is 36.4 Å². The second-order valence-electron chi connectivity index (χ2n) is 5.43. The molecular formula is C15H17BrFNO3. The molecular weight excluding hydrogens is 341 g/mol. The van der Waals surface area contributed by atoms with E-state index in [1.54, 1.807) is 6.07 Å². The maximum atomic E-state index is 13.6. The summed E-state index contributed by atoms with van der Waals surface area (Å²) in [7, 11) is 0. The molecule has 0 spiro atoms. The lowest BCUT2D eigenvalue weighted by Gasteiger charge is -2.43. The van der Waals surface area contributed by atoms with Crippen molar-refractivity contribution in [3.63, 3.8) is 0 Å². The molecule has 1 aliphatic heterocycles. The molecule has 2 fully saturated rings. The Morgan fingerprint density at radius 2 is 2.05 bits per heavy atom. The fourth-order valence-corrected chi connectivity index (χ4v) is 3.10. The summed E-state index contributed by atoms with van der Waals surface area (Å²) >= 11 is 3.23. The number of hydrogen-bond donors (Lipinski definition) is 0. The molecule has 114 valence electrons. The van der Waals surface area contributed by atoms with Crippen molar-refractivity contribution in [2.45, 2.75) is 25.0 Å². The molecule has 0 bridgehead atoms. The summed E-state index contributed by atoms with van der Waals surface area (Å²) in [6.45, 7) is 3.41. The van der Waals surface area contributed by atoms with Crippen molar-refractivity contribution >= 4 is 21.9 Å². The van der Waals surface area contributed by atoms with E-state index in [1.165, 1.54) is 12.1 Å². The van der Waals surface area contributed by atoms with Gasteiger partial charge in [0.15, 0.2) is 0 Å². The monoisotopic (exact) mass is 357 g/mol. The summed E-state index contributed by atoms with van der Waals surface area (Å²) < 4.78 is 25.0. The minimum absolute atomic E-state index is 0.0146. The fraction of sp³-hybridized carbons (Fsp3) is 0.533. The molecule has 1 aromatic carbocycles. The van der Waals surface area contributed by atoms with Gasteiger partial charge in [-0.15, -0.1) is 0 Å². The highest BCUT2D eigenvalue weighted by Crippen LogP contribution is 2.30. The number of morpholine rings is 1. The zero-order chi connectivity index (χ0) is 14.8. The van der Waals surface area contributed by atoms with E-state index in [4.69, 9.17) is 9.47 Å². The predicted octanol–water partition coefficient (Wildman–Crippen LogP) is 2.61. The van der Waals surface area contributed by atoms with Crippen LogP contribution in [-0.4, -0.2) is 49.3 Å². The Hall–Kier alpha value is -0.980. The van der Waals surface area contributed by atoms with Gasteiger partial charge in [0.05, 0.1) is 18.8 Å². The van der Waals surface area contributed by atoms with Crippen molar-refractivity contribution in [2.75, 3.05) is 26.3 Å². The average Bonchev–Trinajstić information content (AvgIpc) is 2.45. The molecule has 0 atom stereocenters. The van der Waals surface area contributed by atoms with E-state index in [9.17, 15) is 9.18 Å². The van der Waals surface area contributed by atoms with Gasteiger partial charge in [-0.05, 0) is 18.2 Å². The van der Waals surface area contributed by atoms with Crippen LogP contribution < -0.4 is 0 Å². The highest BCUT2D eigenvalue weighted by Gasteiger charge is 2.37. The van der Waals surface area contributed by atoms with Crippen molar-refractivity contribution in [1.29, 1.82) is 0 Å². The largest absolute Gasteiger partial charge is 0.459 e. The molecule has 2 aliphatic rings. The van der Waals surface area contributed by atoms with Crippen molar-refractivity contribution in [3.05, 3.63) is 34.1 Å². The number of ether oxygens (including phenoxy) is 2. The maximum absolute atomic E-state index is 13.6. The molecule has 1 aromatic rings. The van der Waals surface area contributed by atoms with Crippen LogP contribution in [0, 0.1) is 5.82 Å². The van der Waals surface area contributed by atoms with Gasteiger partial charge in [0.25, 0.3) is 0 Å². The van der Waals surface area contributed by atoms with Crippen molar-refractivity contribution in [3.8, 4) is 0 Å². The van der Waals surface area contributed by atoms with Crippen LogP contribution in [0.3, 0.4) is 0 Å². The molecule has 3 rings (SSSR count). The van der Waals surface area contributed by atoms with E-state index >= 15 is 0 Å². The van der Waals surface area contributed by atoms with Gasteiger partial charge < -0.3 is 9.47 Å². The molecule has 0 N–H and O–H groups in total. The van der Waals surface area contributed by atoms with Crippen molar-refractivity contribution in [2.24, 2.45) is 0 Å². The number of esters is 1. The molecule has 1 saturated carbocycles. The number of hydrogen-bond acceptors (Lipinski definition) is 4. The first-order valence-electron chi connectivity index (χ1n) is 7.11. The lowest BCUT2D eigenvalue weighted by atomic mass is 9.87. The van der Waals surface area contributed by atoms with Crippen LogP contribution in [0.2, 0.25) is 0 Å². The Labute approximate surface area is 131 Å². The van der Waals surface area contributed by atoms with E-state index in [2.05, 4.69) is 20.8 Å². The number of halogens is 2. The first-order valence-corrected chi connectivity index (χ1v) is 7.90. The summed E-state index contributed by atoms with van der Waals surface area (Å²) in [6, 6.07) is 4.73. The Morgan fingerprint density at radius 3 is 2.76 bits per heavy atom. The molecule has 1 saturated heterocycles. The number of nitrogens with zero attached hydrogens (tertiary/aromatic N) is 1. The second-order valence-corrected chi connectivity index (χ2v) is 6.34. The molecule has 4 nitrogen and oxygen atoms in total. The minimum atomic E-state index is -0.584. The second kappa shape index (κ2) is 6.42. The molecule has 21 heavy (non-hydrogen) atoms. The lowest BCUT2D eigenvalue weighted by molar-refractivity contribution is -0.0567. The Kier molecular flexibility index (Phi) is 4.57. The minimum Gasteiger partial charge on any atom is -0.459 e. The molecule has 1 heterocycles. The van der Waals surface area contributed by atoms with Crippen LogP contribution >= 0.6 is 15.9 Å². The third kappa shape index (κ3) is 3.44. The van der Waals surface area contributed by atoms with E-state index in [-0.39, 0.29) is 11.7 Å². The quantitative estimate of drug-likeness (QED) is 0.779. The van der Waals surface area contributed by atoms with E-state index in [0.29, 0.717) is 10.5 Å². The first kappa shape index (κ1) is 14.9. The number of carbonyl (C=O) groups excluding carboxylic acids is 1. The van der Waals surface area contributed by atoms with Gasteiger partial charge in [-0.25, -0.2) is 9.18 Å². The smallest absolute Gasteiger partial charge is 0.341 e. The molecule has 0 amide bonds. The molecule has 6 heteroatoms. The molecule has 0 radical (unpaired) electrons. The number of carbonyl (C=O) groups is 1. The van der Waals surface area contributed by atoms with E-state index in [0.717, 1.165) is 39.1 Å². The lowest BCUT2D eigenvalue weighted by Crippen LogP contribution is -2.52. The van der Waals surface area contributed by atoms with Crippen LogP contribution in [0.25, 0.3) is 0 Å². The predicted molar refractivity (Wildman–Crippen MR) is 78.7 cm³/mol. The van der Waals surface area contributed by atoms with Crippen LogP contribution in [-0.2, 0) is 9.47 Å². The molecule has 1 aliphatic carbocycles. The van der Waals surface area contributed by atoms with Crippen LogP contribution in [0.1, 0.15) is 23.2 Å². The van der Waals surface area contributed by atoms with Crippen LogP contribution in [0.4, 0.5) is 4.39 Å². The highest BCUT2D eigenvalue weighted by molar-refractivity contribution is 9.10. The SMILES string of the molecule is O=C(OC1CC(N2CCOCC2)C1)c1cc(Br)ccc1F. The normalized spacial score (nSPS) is 26.2. The zero-order valence-corrected chi connectivity index (χ0v) is 13.1. The third-order valence-electron chi connectivity index (χ3n) is 4.05. The standard InChI is InChI=1S/C15H17BrFNO3/c16-10-1-2-14(17)13(7-10)15(19)21-12-8-11(9-12)18-3-5-20-6-4-18/h1-2,7,11-12H,3-6,8-9H2. The van der Waals surface area contributed by atoms with Crippen molar-refractivity contribution < 1.29 is 18.7 Å². The summed E-state index contributed by atoms with van der Waals surface area (Å²) in [6.07, 6.45) is 1.53. The van der Waals surface area contributed by atoms with E-state index < -0.39 is 11.8 Å². The summed E-state index contributed by atoms with van der Waals surface area (Å²) in [5.41, 5.74) is -0.0146. The Morgan fingerprint density at radius 1 is 1.33 bits per heavy atom. The summed E-state index contributed by atoms with van der Waals surface area (Å²) in [5, 5.41) is 0. The van der Waals surface area contributed by atoms with Gasteiger partial charge >= 0.3 is 5.97 Å². The van der Waals surface area contributed by atoms with Gasteiger partial charge in [0.1, 0.15) is 11.9 Å². The number of benzene rings is 1. The van der Waals surface area contributed by atoms with Crippen LogP contribution in [0.15, 0.2) is 22.7 Å². The van der Waals surface area contributed by atoms with Gasteiger partial charge in [-0.1, -0.05) is 15.9 Å². The first-order chi connectivity index (χ1) is 10.1. The average molecular weight is 358 g/mol. The van der Waals surface area contributed by atoms with E-state index in [1.807, 2.05) is 0 Å². The van der Waals surface area contributed by atoms with Gasteiger partial charge in [-0.3, -0.25) is 4.90 Å². The molecule has 0 unspecified atom stereocenters. The highest BCUT2D eigenvalue weighted by atomic mass is 79.9. The summed E-state index contributed by atoms with van der Waals surface area (Å²) in [5.74, 6) is -1.13. The maximum Gasteiger partial charge on any atom is 0.341 e. The topological polar surface area (TPSA) is 38.8 Å². The fourth-order valence-electron chi connectivity index (χ4n) is 2.74. The number of rotatable bonds is 3. The zero-order valence-electron chi connectivity index (χ0n) is 11.6. The molecule has 0 aromatic heterocycles. The summed E-state index contributed by atoms with van der Waals surface area (Å²) in [4.78, 5) is 14.4. The third-order valence-corrected chi connectivity index (χ3v) is 4.55. The van der Waals surface area contributed by atoms with Crippen molar-refractivity contribution in [1.82, 2.24) is 4.90 Å². The Bertz CT molecular complexity index is 528.